The molecule has 7 heteroatoms. The molecule has 7 nitrogen and oxygen atoms in total. The van der Waals surface area contributed by atoms with Crippen LogP contribution in [0.5, 0.6) is 0 Å². The number of pyridine rings is 1. The fourth-order valence-corrected chi connectivity index (χ4v) is 2.49. The van der Waals surface area contributed by atoms with Crippen molar-refractivity contribution in [3.8, 4) is 0 Å². The molecule has 0 aromatic carbocycles. The molecule has 1 saturated heterocycles. The van der Waals surface area contributed by atoms with Gasteiger partial charge in [0.05, 0.1) is 18.2 Å². The van der Waals surface area contributed by atoms with Crippen LogP contribution in [0.3, 0.4) is 0 Å². The average Bonchev–Trinajstić information content (AvgIpc) is 3.21. The molecule has 0 radical (unpaired) electrons. The minimum atomic E-state index is -0.226. The van der Waals surface area contributed by atoms with Gasteiger partial charge in [0.1, 0.15) is 5.82 Å². The maximum atomic E-state index is 11.8. The molecule has 2 aromatic heterocycles. The molecular weight excluding hydrogens is 280 g/mol. The molecule has 1 aliphatic rings. The Morgan fingerprint density at radius 2 is 2.14 bits per heavy atom. The van der Waals surface area contributed by atoms with Crippen LogP contribution >= 0.6 is 0 Å². The summed E-state index contributed by atoms with van der Waals surface area (Å²) in [5, 5.41) is 5.59. The topological polar surface area (TPSA) is 75.1 Å². The largest absolute Gasteiger partial charge is 0.357 e. The summed E-state index contributed by atoms with van der Waals surface area (Å²) in [6, 6.07) is 3.61. The van der Waals surface area contributed by atoms with E-state index in [2.05, 4.69) is 25.5 Å². The number of urea groups is 1. The SMILES string of the molecule is O=C(NCCn1ccnc1)Nc1ccc(N2CCCC2)nc1. The second-order valence-electron chi connectivity index (χ2n) is 5.28. The van der Waals surface area contributed by atoms with Crippen molar-refractivity contribution >= 4 is 17.5 Å². The predicted octanol–water partition coefficient (Wildman–Crippen LogP) is 1.70. The van der Waals surface area contributed by atoms with Crippen LogP contribution in [0.25, 0.3) is 0 Å². The molecule has 22 heavy (non-hydrogen) atoms. The molecule has 3 rings (SSSR count). The van der Waals surface area contributed by atoms with Crippen LogP contribution in [0.1, 0.15) is 12.8 Å². The van der Waals surface area contributed by atoms with Crippen molar-refractivity contribution in [2.75, 3.05) is 29.9 Å². The number of carbonyl (C=O) groups excluding carboxylic acids is 1. The van der Waals surface area contributed by atoms with E-state index in [1.807, 2.05) is 22.9 Å². The summed E-state index contributed by atoms with van der Waals surface area (Å²) in [5.41, 5.74) is 0.697. The Labute approximate surface area is 129 Å². The van der Waals surface area contributed by atoms with Gasteiger partial charge >= 0.3 is 6.03 Å². The molecule has 0 atom stereocenters. The Hall–Kier alpha value is -2.57. The maximum Gasteiger partial charge on any atom is 0.319 e. The third kappa shape index (κ3) is 3.75. The summed E-state index contributed by atoms with van der Waals surface area (Å²) in [6.45, 7) is 3.37. The van der Waals surface area contributed by atoms with Gasteiger partial charge in [-0.2, -0.15) is 0 Å². The fraction of sp³-hybridized carbons (Fsp3) is 0.400. The highest BCUT2D eigenvalue weighted by atomic mass is 16.2. The summed E-state index contributed by atoms with van der Waals surface area (Å²) in [5.74, 6) is 0.976. The van der Waals surface area contributed by atoms with Gasteiger partial charge in [0, 0.05) is 38.6 Å². The van der Waals surface area contributed by atoms with E-state index in [4.69, 9.17) is 0 Å². The summed E-state index contributed by atoms with van der Waals surface area (Å²) >= 11 is 0. The lowest BCUT2D eigenvalue weighted by Crippen LogP contribution is -2.31. The molecule has 2 amide bonds. The van der Waals surface area contributed by atoms with Crippen LogP contribution < -0.4 is 15.5 Å². The van der Waals surface area contributed by atoms with Gasteiger partial charge in [-0.15, -0.1) is 0 Å². The Morgan fingerprint density at radius 3 is 2.82 bits per heavy atom. The van der Waals surface area contributed by atoms with Crippen LogP contribution in [0, 0.1) is 0 Å². The van der Waals surface area contributed by atoms with Gasteiger partial charge < -0.3 is 20.1 Å². The number of anilines is 2. The average molecular weight is 300 g/mol. The Morgan fingerprint density at radius 1 is 1.27 bits per heavy atom. The van der Waals surface area contributed by atoms with Crippen molar-refractivity contribution in [3.05, 3.63) is 37.1 Å². The zero-order valence-electron chi connectivity index (χ0n) is 12.4. The van der Waals surface area contributed by atoms with Crippen LogP contribution in [0.15, 0.2) is 37.1 Å². The van der Waals surface area contributed by atoms with Gasteiger partial charge in [-0.3, -0.25) is 0 Å². The fourth-order valence-electron chi connectivity index (χ4n) is 2.49. The number of hydrogen-bond acceptors (Lipinski definition) is 4. The molecule has 0 spiro atoms. The molecule has 0 saturated carbocycles. The van der Waals surface area contributed by atoms with Crippen LogP contribution in [-0.2, 0) is 6.54 Å². The molecular formula is C15H20N6O. The maximum absolute atomic E-state index is 11.8. The van der Waals surface area contributed by atoms with E-state index in [9.17, 15) is 4.79 Å². The first-order valence-electron chi connectivity index (χ1n) is 7.53. The number of nitrogens with one attached hydrogen (secondary N) is 2. The zero-order valence-corrected chi connectivity index (χ0v) is 12.4. The van der Waals surface area contributed by atoms with Crippen molar-refractivity contribution < 1.29 is 4.79 Å². The van der Waals surface area contributed by atoms with Crippen LogP contribution in [-0.4, -0.2) is 40.2 Å². The summed E-state index contributed by atoms with van der Waals surface area (Å²) in [7, 11) is 0. The molecule has 2 N–H and O–H groups in total. The highest BCUT2D eigenvalue weighted by Gasteiger charge is 2.13. The van der Waals surface area contributed by atoms with Gasteiger partial charge in [-0.05, 0) is 25.0 Å². The quantitative estimate of drug-likeness (QED) is 0.881. The van der Waals surface area contributed by atoms with Crippen molar-refractivity contribution in [1.82, 2.24) is 19.9 Å². The minimum absolute atomic E-state index is 0.226. The first-order chi connectivity index (χ1) is 10.8. The van der Waals surface area contributed by atoms with Crippen LogP contribution in [0.2, 0.25) is 0 Å². The number of hydrogen-bond donors (Lipinski definition) is 2. The lowest BCUT2D eigenvalue weighted by molar-refractivity contribution is 0.251. The Kier molecular flexibility index (Phi) is 4.53. The number of amides is 2. The summed E-state index contributed by atoms with van der Waals surface area (Å²) in [6.07, 6.45) is 9.44. The number of rotatable bonds is 5. The molecule has 0 bridgehead atoms. The summed E-state index contributed by atoms with van der Waals surface area (Å²) < 4.78 is 1.91. The second kappa shape index (κ2) is 6.93. The van der Waals surface area contributed by atoms with Gasteiger partial charge in [0.25, 0.3) is 0 Å². The van der Waals surface area contributed by atoms with Gasteiger partial charge in [0.2, 0.25) is 0 Å². The lowest BCUT2D eigenvalue weighted by atomic mass is 10.4. The molecule has 2 aromatic rings. The first-order valence-corrected chi connectivity index (χ1v) is 7.53. The lowest BCUT2D eigenvalue weighted by Gasteiger charge is -2.16. The monoisotopic (exact) mass is 300 g/mol. The zero-order chi connectivity index (χ0) is 15.2. The third-order valence-electron chi connectivity index (χ3n) is 3.65. The minimum Gasteiger partial charge on any atom is -0.357 e. The van der Waals surface area contributed by atoms with Gasteiger partial charge in [-0.1, -0.05) is 0 Å². The standard InChI is InChI=1S/C15H20N6O/c22-15(17-6-10-20-9-5-16-12-20)19-13-3-4-14(18-11-13)21-7-1-2-8-21/h3-5,9,11-12H,1-2,6-8,10H2,(H2,17,19,22). The Bertz CT molecular complexity index is 589. The molecule has 116 valence electrons. The van der Waals surface area contributed by atoms with E-state index >= 15 is 0 Å². The predicted molar refractivity (Wildman–Crippen MR) is 84.9 cm³/mol. The van der Waals surface area contributed by atoms with Crippen molar-refractivity contribution in [2.24, 2.45) is 0 Å². The smallest absolute Gasteiger partial charge is 0.319 e. The van der Waals surface area contributed by atoms with Crippen molar-refractivity contribution in [3.63, 3.8) is 0 Å². The Balaban J connectivity index is 1.44. The number of aromatic nitrogens is 3. The van der Waals surface area contributed by atoms with Gasteiger partial charge in [0.15, 0.2) is 0 Å². The molecule has 3 heterocycles. The number of carbonyl (C=O) groups is 1. The van der Waals surface area contributed by atoms with Crippen molar-refractivity contribution in [1.29, 1.82) is 0 Å². The van der Waals surface area contributed by atoms with E-state index in [0.717, 1.165) is 18.9 Å². The third-order valence-corrected chi connectivity index (χ3v) is 3.65. The van der Waals surface area contributed by atoms with Gasteiger partial charge in [-0.25, -0.2) is 14.8 Å². The highest BCUT2D eigenvalue weighted by molar-refractivity contribution is 5.89. The molecule has 0 aliphatic carbocycles. The van der Waals surface area contributed by atoms with E-state index in [0.29, 0.717) is 18.8 Å². The van der Waals surface area contributed by atoms with E-state index in [-0.39, 0.29) is 6.03 Å². The van der Waals surface area contributed by atoms with Crippen LogP contribution in [0.4, 0.5) is 16.3 Å². The highest BCUT2D eigenvalue weighted by Crippen LogP contribution is 2.18. The van der Waals surface area contributed by atoms with E-state index < -0.39 is 0 Å². The molecule has 0 unspecified atom stereocenters. The normalized spacial score (nSPS) is 14.1. The van der Waals surface area contributed by atoms with E-state index in [1.165, 1.54) is 12.8 Å². The van der Waals surface area contributed by atoms with E-state index in [1.54, 1.807) is 18.7 Å². The van der Waals surface area contributed by atoms with Crippen molar-refractivity contribution in [2.45, 2.75) is 19.4 Å². The number of nitrogens with zero attached hydrogens (tertiary/aromatic N) is 4. The first kappa shape index (κ1) is 14.4. The summed E-state index contributed by atoms with van der Waals surface area (Å²) in [4.78, 5) is 22.4. The molecule has 1 aliphatic heterocycles. The second-order valence-corrected chi connectivity index (χ2v) is 5.28. The number of imidazole rings is 1. The molecule has 1 fully saturated rings.